The fourth-order valence-electron chi connectivity index (χ4n) is 3.24. The highest BCUT2D eigenvalue weighted by molar-refractivity contribution is 5.86. The van der Waals surface area contributed by atoms with Crippen molar-refractivity contribution < 1.29 is 14.3 Å². The monoisotopic (exact) mass is 260 g/mol. The smallest absolute Gasteiger partial charge is 0.342 e. The molecule has 1 aromatic rings. The van der Waals surface area contributed by atoms with Crippen LogP contribution in [-0.2, 0) is 19.9 Å². The molecule has 0 amide bonds. The SMILES string of the molecule is Cc1ccc(C23CCCC2(C(=O)OC(C)C)O3)cc1. The normalized spacial score (nSPS) is 32.2. The Hall–Kier alpha value is -1.35. The number of epoxide rings is 1. The highest BCUT2D eigenvalue weighted by atomic mass is 16.7. The van der Waals surface area contributed by atoms with Gasteiger partial charge in [-0.3, -0.25) is 0 Å². The maximum Gasteiger partial charge on any atom is 0.342 e. The summed E-state index contributed by atoms with van der Waals surface area (Å²) >= 11 is 0. The molecule has 0 N–H and O–H groups in total. The summed E-state index contributed by atoms with van der Waals surface area (Å²) in [5, 5.41) is 0. The Labute approximate surface area is 113 Å². The van der Waals surface area contributed by atoms with Crippen molar-refractivity contribution >= 4 is 5.97 Å². The number of rotatable bonds is 3. The van der Waals surface area contributed by atoms with Crippen molar-refractivity contribution in [1.29, 1.82) is 0 Å². The molecule has 1 aliphatic heterocycles. The van der Waals surface area contributed by atoms with E-state index >= 15 is 0 Å². The van der Waals surface area contributed by atoms with E-state index in [1.165, 1.54) is 5.56 Å². The van der Waals surface area contributed by atoms with Crippen LogP contribution in [0.5, 0.6) is 0 Å². The Kier molecular flexibility index (Phi) is 2.72. The van der Waals surface area contributed by atoms with Crippen LogP contribution >= 0.6 is 0 Å². The van der Waals surface area contributed by atoms with Crippen LogP contribution < -0.4 is 0 Å². The highest BCUT2D eigenvalue weighted by Crippen LogP contribution is 2.66. The van der Waals surface area contributed by atoms with Crippen LogP contribution in [0.3, 0.4) is 0 Å². The van der Waals surface area contributed by atoms with Crippen molar-refractivity contribution in [3.05, 3.63) is 35.4 Å². The summed E-state index contributed by atoms with van der Waals surface area (Å²) in [6.07, 6.45) is 2.60. The number of hydrogen-bond donors (Lipinski definition) is 0. The largest absolute Gasteiger partial charge is 0.461 e. The van der Waals surface area contributed by atoms with Crippen LogP contribution in [0.1, 0.15) is 44.2 Å². The van der Waals surface area contributed by atoms with E-state index in [2.05, 4.69) is 31.2 Å². The molecule has 2 unspecified atom stereocenters. The summed E-state index contributed by atoms with van der Waals surface area (Å²) in [6, 6.07) is 8.29. The van der Waals surface area contributed by atoms with E-state index in [9.17, 15) is 4.79 Å². The van der Waals surface area contributed by atoms with Crippen molar-refractivity contribution in [2.24, 2.45) is 0 Å². The summed E-state index contributed by atoms with van der Waals surface area (Å²) in [4.78, 5) is 12.3. The second-order valence-electron chi connectivity index (χ2n) is 5.93. The fraction of sp³-hybridized carbons (Fsp3) is 0.562. The first-order valence-electron chi connectivity index (χ1n) is 6.99. The average molecular weight is 260 g/mol. The number of carbonyl (C=O) groups is 1. The van der Waals surface area contributed by atoms with Crippen molar-refractivity contribution in [2.75, 3.05) is 0 Å². The van der Waals surface area contributed by atoms with Crippen molar-refractivity contribution in [3.63, 3.8) is 0 Å². The van der Waals surface area contributed by atoms with Crippen molar-refractivity contribution in [1.82, 2.24) is 0 Å². The van der Waals surface area contributed by atoms with Crippen molar-refractivity contribution in [2.45, 2.75) is 57.3 Å². The number of carbonyl (C=O) groups excluding carboxylic acids is 1. The molecule has 0 aromatic heterocycles. The van der Waals surface area contributed by atoms with Crippen LogP contribution in [0.4, 0.5) is 0 Å². The number of benzene rings is 1. The molecule has 1 saturated carbocycles. The Morgan fingerprint density at radius 3 is 2.58 bits per heavy atom. The minimum atomic E-state index is -0.716. The summed E-state index contributed by atoms with van der Waals surface area (Å²) in [7, 11) is 0. The number of aryl methyl sites for hydroxylation is 1. The summed E-state index contributed by atoms with van der Waals surface area (Å²) in [5.41, 5.74) is 1.18. The van der Waals surface area contributed by atoms with Crippen LogP contribution in [0.2, 0.25) is 0 Å². The lowest BCUT2D eigenvalue weighted by molar-refractivity contribution is -0.154. The Morgan fingerprint density at radius 1 is 1.26 bits per heavy atom. The Morgan fingerprint density at radius 2 is 1.95 bits per heavy atom. The molecule has 3 rings (SSSR count). The standard InChI is InChI=1S/C16H20O3/c1-11(2)18-14(17)16-10-4-9-15(16,19-16)13-7-5-12(3)6-8-13/h5-8,11H,4,9-10H2,1-3H3. The first-order valence-corrected chi connectivity index (χ1v) is 6.99. The number of esters is 1. The van der Waals surface area contributed by atoms with Gasteiger partial charge in [0, 0.05) is 0 Å². The average Bonchev–Trinajstić information content (AvgIpc) is 2.88. The zero-order valence-electron chi connectivity index (χ0n) is 11.7. The quantitative estimate of drug-likeness (QED) is 0.619. The zero-order chi connectivity index (χ0) is 13.7. The second kappa shape index (κ2) is 4.07. The lowest BCUT2D eigenvalue weighted by Crippen LogP contribution is -2.32. The van der Waals surface area contributed by atoms with Gasteiger partial charge >= 0.3 is 5.97 Å². The maximum atomic E-state index is 12.3. The third-order valence-electron chi connectivity index (χ3n) is 4.21. The predicted octanol–water partition coefficient (Wildman–Crippen LogP) is 3.09. The lowest BCUT2D eigenvalue weighted by Gasteiger charge is -2.14. The first kappa shape index (κ1) is 12.7. The summed E-state index contributed by atoms with van der Waals surface area (Å²) < 4.78 is 11.3. The van der Waals surface area contributed by atoms with Crippen LogP contribution in [0, 0.1) is 6.92 Å². The molecule has 1 aromatic carbocycles. The third kappa shape index (κ3) is 1.71. The second-order valence-corrected chi connectivity index (χ2v) is 5.93. The molecule has 3 heteroatoms. The Balaban J connectivity index is 1.90. The molecule has 1 saturated heterocycles. The number of fused-ring (bicyclic) bond motifs is 1. The minimum absolute atomic E-state index is 0.0950. The molecule has 102 valence electrons. The van der Waals surface area contributed by atoms with Gasteiger partial charge in [0.1, 0.15) is 5.60 Å². The van der Waals surface area contributed by atoms with Crippen LogP contribution in [0.15, 0.2) is 24.3 Å². The molecule has 19 heavy (non-hydrogen) atoms. The Bertz CT molecular complexity index is 505. The van der Waals surface area contributed by atoms with Crippen LogP contribution in [-0.4, -0.2) is 17.7 Å². The van der Waals surface area contributed by atoms with Gasteiger partial charge in [-0.2, -0.15) is 0 Å². The molecule has 2 atom stereocenters. The summed E-state index contributed by atoms with van der Waals surface area (Å²) in [6.45, 7) is 5.81. The fourth-order valence-corrected chi connectivity index (χ4v) is 3.24. The van der Waals surface area contributed by atoms with E-state index < -0.39 is 11.2 Å². The van der Waals surface area contributed by atoms with Gasteiger partial charge in [0.05, 0.1) is 6.10 Å². The molecule has 0 spiro atoms. The van der Waals surface area contributed by atoms with Gasteiger partial charge in [-0.15, -0.1) is 0 Å². The molecule has 1 aliphatic carbocycles. The first-order chi connectivity index (χ1) is 9.00. The lowest BCUT2D eigenvalue weighted by atomic mass is 9.88. The van der Waals surface area contributed by atoms with E-state index in [0.717, 1.165) is 24.8 Å². The number of ether oxygens (including phenoxy) is 2. The predicted molar refractivity (Wildman–Crippen MR) is 71.8 cm³/mol. The molecule has 0 radical (unpaired) electrons. The van der Waals surface area contributed by atoms with E-state index in [1.807, 2.05) is 13.8 Å². The zero-order valence-corrected chi connectivity index (χ0v) is 11.7. The maximum absolute atomic E-state index is 12.3. The van der Waals surface area contributed by atoms with Gasteiger partial charge in [0.2, 0.25) is 0 Å². The third-order valence-corrected chi connectivity index (χ3v) is 4.21. The highest BCUT2D eigenvalue weighted by Gasteiger charge is 2.78. The minimum Gasteiger partial charge on any atom is -0.461 e. The van der Waals surface area contributed by atoms with Gasteiger partial charge < -0.3 is 9.47 Å². The molecule has 2 fully saturated rings. The van der Waals surface area contributed by atoms with Crippen molar-refractivity contribution in [3.8, 4) is 0 Å². The molecular formula is C16H20O3. The van der Waals surface area contributed by atoms with E-state index in [4.69, 9.17) is 9.47 Å². The number of hydrogen-bond acceptors (Lipinski definition) is 3. The molecule has 1 heterocycles. The van der Waals surface area contributed by atoms with Gasteiger partial charge in [-0.1, -0.05) is 29.8 Å². The molecule has 2 aliphatic rings. The molecule has 0 bridgehead atoms. The molecule has 3 nitrogen and oxygen atoms in total. The van der Waals surface area contributed by atoms with Gasteiger partial charge in [0.25, 0.3) is 0 Å². The topological polar surface area (TPSA) is 38.8 Å². The van der Waals surface area contributed by atoms with Gasteiger partial charge in [-0.25, -0.2) is 4.79 Å². The summed E-state index contributed by atoms with van der Waals surface area (Å²) in [5.74, 6) is -0.194. The van der Waals surface area contributed by atoms with E-state index in [0.29, 0.717) is 0 Å². The molecular weight excluding hydrogens is 240 g/mol. The van der Waals surface area contributed by atoms with Crippen LogP contribution in [0.25, 0.3) is 0 Å². The van der Waals surface area contributed by atoms with Gasteiger partial charge in [0.15, 0.2) is 5.60 Å². The van der Waals surface area contributed by atoms with Gasteiger partial charge in [-0.05, 0) is 45.6 Å². The van der Waals surface area contributed by atoms with E-state index in [1.54, 1.807) is 0 Å². The van der Waals surface area contributed by atoms with E-state index in [-0.39, 0.29) is 12.1 Å².